The molecule has 0 aromatic carbocycles. The van der Waals surface area contributed by atoms with Crippen molar-refractivity contribution in [3.05, 3.63) is 24.3 Å². The maximum absolute atomic E-state index is 12.6. The van der Waals surface area contributed by atoms with Gasteiger partial charge in [0.1, 0.15) is 73.2 Å². The van der Waals surface area contributed by atoms with E-state index >= 15 is 0 Å². The Kier molecular flexibility index (Phi) is 32.4. The van der Waals surface area contributed by atoms with Gasteiger partial charge in [-0.2, -0.15) is 0 Å². The molecule has 3 aliphatic rings. The smallest absolute Gasteiger partial charge is 0.220 e. The van der Waals surface area contributed by atoms with Gasteiger partial charge in [0.05, 0.1) is 38.6 Å². The summed E-state index contributed by atoms with van der Waals surface area (Å²) in [6.07, 6.45) is 8.34. The number of unbranched alkanes of at least 4 members (excludes halogenated alkanes) is 19. The maximum atomic E-state index is 12.6. The molecule has 0 saturated carbocycles. The van der Waals surface area contributed by atoms with Crippen molar-refractivity contribution in [1.82, 2.24) is 5.32 Å². The Labute approximate surface area is 416 Å². The summed E-state index contributed by atoms with van der Waals surface area (Å²) < 4.78 is 33.8. The number of hydrogen-bond donors (Lipinski definition) is 12. The Hall–Kier alpha value is -1.73. The van der Waals surface area contributed by atoms with Gasteiger partial charge in [-0.15, -0.1) is 0 Å². The van der Waals surface area contributed by atoms with Gasteiger partial charge in [-0.1, -0.05) is 147 Å². The molecule has 0 aromatic rings. The summed E-state index contributed by atoms with van der Waals surface area (Å²) in [5, 5.41) is 119. The van der Waals surface area contributed by atoms with Crippen molar-refractivity contribution in [2.24, 2.45) is 0 Å². The molecule has 3 aliphatic heterocycles. The summed E-state index contributed by atoms with van der Waals surface area (Å²) in [5.41, 5.74) is 0. The monoisotopic (exact) mass is 1010 g/mol. The van der Waals surface area contributed by atoms with E-state index < -0.39 is 124 Å². The SMILES string of the molecule is CCCCCCCCCCCCCCCCCCCC/C=C/CC/C=C/C(O)C(COC1OC(CO)C(OC2OC(CO)C(OC3OC(CO)C(O)C(O)C3O)C(O)C2O)C(O)C1O)NC(=O)CCC. The lowest BCUT2D eigenvalue weighted by Crippen LogP contribution is -2.66. The first-order chi connectivity index (χ1) is 33.8. The van der Waals surface area contributed by atoms with Crippen LogP contribution in [0.5, 0.6) is 0 Å². The van der Waals surface area contributed by atoms with Crippen LogP contribution >= 0.6 is 0 Å². The van der Waals surface area contributed by atoms with Crippen LogP contribution < -0.4 is 5.32 Å². The molecule has 410 valence electrons. The number of carbonyl (C=O) groups is 1. The van der Waals surface area contributed by atoms with Crippen molar-refractivity contribution >= 4 is 5.91 Å². The predicted molar refractivity (Wildman–Crippen MR) is 259 cm³/mol. The zero-order chi connectivity index (χ0) is 51.3. The highest BCUT2D eigenvalue weighted by Gasteiger charge is 2.53. The summed E-state index contributed by atoms with van der Waals surface area (Å²) >= 11 is 0. The highest BCUT2D eigenvalue weighted by molar-refractivity contribution is 5.76. The first-order valence-corrected chi connectivity index (χ1v) is 26.6. The number of ether oxygens (including phenoxy) is 6. The van der Waals surface area contributed by atoms with Gasteiger partial charge in [0.2, 0.25) is 5.91 Å². The predicted octanol–water partition coefficient (Wildman–Crippen LogP) is 2.42. The molecule has 3 heterocycles. The minimum absolute atomic E-state index is 0.186. The third-order valence-corrected chi connectivity index (χ3v) is 13.5. The molecule has 0 radical (unpaired) electrons. The summed E-state index contributed by atoms with van der Waals surface area (Å²) in [6, 6.07) is -0.981. The number of allylic oxidation sites excluding steroid dienone is 3. The molecule has 12 N–H and O–H groups in total. The molecule has 17 unspecified atom stereocenters. The van der Waals surface area contributed by atoms with E-state index in [1.54, 1.807) is 6.08 Å². The van der Waals surface area contributed by atoms with E-state index in [2.05, 4.69) is 24.4 Å². The van der Waals surface area contributed by atoms with Gasteiger partial charge in [0, 0.05) is 6.42 Å². The van der Waals surface area contributed by atoms with Crippen molar-refractivity contribution in [2.45, 2.75) is 266 Å². The van der Waals surface area contributed by atoms with Gasteiger partial charge in [0.25, 0.3) is 0 Å². The number of hydrogen-bond acceptors (Lipinski definition) is 18. The van der Waals surface area contributed by atoms with Crippen molar-refractivity contribution in [3.63, 3.8) is 0 Å². The zero-order valence-corrected chi connectivity index (χ0v) is 42.0. The molecule has 0 spiro atoms. The van der Waals surface area contributed by atoms with Crippen molar-refractivity contribution in [3.8, 4) is 0 Å². The minimum Gasteiger partial charge on any atom is -0.394 e. The Bertz CT molecular complexity index is 1390. The molecular weight excluding hydrogens is 915 g/mol. The Morgan fingerprint density at radius 1 is 0.500 bits per heavy atom. The fourth-order valence-corrected chi connectivity index (χ4v) is 9.07. The molecule has 0 bridgehead atoms. The van der Waals surface area contributed by atoms with Crippen LogP contribution in [0.1, 0.15) is 162 Å². The molecule has 3 saturated heterocycles. The lowest BCUT2D eigenvalue weighted by atomic mass is 9.96. The lowest BCUT2D eigenvalue weighted by Gasteiger charge is -2.48. The third-order valence-electron chi connectivity index (χ3n) is 13.5. The first kappa shape index (κ1) is 62.6. The van der Waals surface area contributed by atoms with E-state index in [0.717, 1.165) is 19.3 Å². The molecule has 19 nitrogen and oxygen atoms in total. The summed E-state index contributed by atoms with van der Waals surface area (Å²) in [7, 11) is 0. The second-order valence-electron chi connectivity index (χ2n) is 19.3. The van der Waals surface area contributed by atoms with Crippen molar-refractivity contribution in [2.75, 3.05) is 26.4 Å². The second kappa shape index (κ2) is 36.3. The van der Waals surface area contributed by atoms with Crippen LogP contribution in [0, 0.1) is 0 Å². The van der Waals surface area contributed by atoms with Gasteiger partial charge in [0.15, 0.2) is 18.9 Å². The fourth-order valence-electron chi connectivity index (χ4n) is 9.07. The number of carbonyl (C=O) groups excluding carboxylic acids is 1. The Morgan fingerprint density at radius 3 is 1.40 bits per heavy atom. The van der Waals surface area contributed by atoms with Crippen molar-refractivity contribution in [1.29, 1.82) is 0 Å². The summed E-state index contributed by atoms with van der Waals surface area (Å²) in [5.74, 6) is -0.340. The highest BCUT2D eigenvalue weighted by atomic mass is 16.8. The number of amides is 1. The molecule has 3 fully saturated rings. The standard InChI is InChI=1S/C51H93NO18/c1-3-5-6-7-8-9-10-11-12-13-14-15-16-17-18-19-20-21-22-23-24-25-26-27-29-35(56)34(52-39(57)28-4-2)33-65-49-45(63)42(60)47(37(31-54)67-49)70-51-46(64)43(61)48(38(32-55)68-51)69-50-44(62)41(59)40(58)36(30-53)66-50/h23-24,27,29,34-38,40-51,53-56,58-64H,3-22,25-26,28,30-33H2,1-2H3,(H,52,57)/b24-23+,29-27+. The molecule has 19 heteroatoms. The van der Waals surface area contributed by atoms with Crippen LogP contribution in [0.25, 0.3) is 0 Å². The van der Waals surface area contributed by atoms with Gasteiger partial charge < -0.3 is 89.9 Å². The Balaban J connectivity index is 1.38. The van der Waals surface area contributed by atoms with E-state index in [0.29, 0.717) is 12.8 Å². The summed E-state index contributed by atoms with van der Waals surface area (Å²) in [4.78, 5) is 12.6. The van der Waals surface area contributed by atoms with Crippen LogP contribution in [0.15, 0.2) is 24.3 Å². The van der Waals surface area contributed by atoms with E-state index in [4.69, 9.17) is 28.4 Å². The maximum Gasteiger partial charge on any atom is 0.220 e. The second-order valence-corrected chi connectivity index (χ2v) is 19.3. The molecule has 0 aromatic heterocycles. The third kappa shape index (κ3) is 21.6. The molecule has 17 atom stereocenters. The van der Waals surface area contributed by atoms with Crippen LogP contribution in [-0.4, -0.2) is 193 Å². The van der Waals surface area contributed by atoms with E-state index in [1.807, 2.05) is 13.0 Å². The number of aliphatic hydroxyl groups excluding tert-OH is 11. The molecule has 0 aliphatic carbocycles. The zero-order valence-electron chi connectivity index (χ0n) is 42.0. The van der Waals surface area contributed by atoms with E-state index in [1.165, 1.54) is 109 Å². The average molecular weight is 1010 g/mol. The van der Waals surface area contributed by atoms with Gasteiger partial charge >= 0.3 is 0 Å². The summed E-state index contributed by atoms with van der Waals surface area (Å²) in [6.45, 7) is 1.30. The Morgan fingerprint density at radius 2 is 0.914 bits per heavy atom. The highest BCUT2D eigenvalue weighted by Crippen LogP contribution is 2.33. The fraction of sp³-hybridized carbons (Fsp3) is 0.902. The van der Waals surface area contributed by atoms with Crippen LogP contribution in [0.2, 0.25) is 0 Å². The quantitative estimate of drug-likeness (QED) is 0.0314. The largest absolute Gasteiger partial charge is 0.394 e. The minimum atomic E-state index is -1.98. The molecule has 70 heavy (non-hydrogen) atoms. The average Bonchev–Trinajstić information content (AvgIpc) is 3.35. The number of aliphatic hydroxyl groups is 11. The molecule has 3 rings (SSSR count). The van der Waals surface area contributed by atoms with Gasteiger partial charge in [-0.25, -0.2) is 0 Å². The van der Waals surface area contributed by atoms with Crippen LogP contribution in [-0.2, 0) is 33.2 Å². The van der Waals surface area contributed by atoms with Crippen LogP contribution in [0.4, 0.5) is 0 Å². The topological polar surface area (TPSA) is 307 Å². The molecular formula is C51H93NO18. The van der Waals surface area contributed by atoms with Crippen molar-refractivity contribution < 1.29 is 89.4 Å². The number of rotatable bonds is 37. The first-order valence-electron chi connectivity index (χ1n) is 26.6. The van der Waals surface area contributed by atoms with E-state index in [9.17, 15) is 61.0 Å². The number of nitrogens with one attached hydrogen (secondary N) is 1. The van der Waals surface area contributed by atoms with Gasteiger partial charge in [-0.05, 0) is 32.1 Å². The van der Waals surface area contributed by atoms with Crippen LogP contribution in [0.3, 0.4) is 0 Å². The van der Waals surface area contributed by atoms with E-state index in [-0.39, 0.29) is 18.9 Å². The molecule has 1 amide bonds. The normalized spacial score (nSPS) is 32.7. The lowest BCUT2D eigenvalue weighted by molar-refractivity contribution is -0.379. The van der Waals surface area contributed by atoms with Gasteiger partial charge in [-0.3, -0.25) is 4.79 Å².